The fraction of sp³-hybridized carbons (Fsp3) is 0.417. The van der Waals surface area contributed by atoms with Crippen LogP contribution in [0.1, 0.15) is 13.8 Å². The number of alkyl halides is 1. The third-order valence-corrected chi connectivity index (χ3v) is 5.40. The predicted molar refractivity (Wildman–Crippen MR) is 75.8 cm³/mol. The lowest BCUT2D eigenvalue weighted by atomic mass is 10.3. The average molecular weight is 334 g/mol. The Balaban J connectivity index is 2.87. The van der Waals surface area contributed by atoms with Crippen LogP contribution in [0.3, 0.4) is 0 Å². The summed E-state index contributed by atoms with van der Waals surface area (Å²) < 4.78 is 24.1. The number of halogens is 1. The molecule has 0 spiro atoms. The van der Waals surface area contributed by atoms with Gasteiger partial charge in [-0.3, -0.25) is 4.79 Å². The maximum absolute atomic E-state index is 12.0. The molecule has 1 N–H and O–H groups in total. The molecule has 4 nitrogen and oxygen atoms in total. The molecule has 0 aliphatic rings. The fourth-order valence-electron chi connectivity index (χ4n) is 1.46. The topological polar surface area (TPSA) is 63.2 Å². The van der Waals surface area contributed by atoms with Crippen molar-refractivity contribution < 1.29 is 13.2 Å². The number of carbonyl (C=O) groups is 1. The van der Waals surface area contributed by atoms with Crippen LogP contribution in [-0.2, 0) is 14.6 Å². The third kappa shape index (κ3) is 4.42. The number of rotatable bonds is 5. The molecule has 0 aliphatic carbocycles. The zero-order valence-corrected chi connectivity index (χ0v) is 12.7. The summed E-state index contributed by atoms with van der Waals surface area (Å²) in [6.07, 6.45) is 0. The Morgan fingerprint density at radius 1 is 1.33 bits per heavy atom. The normalized spacial score (nSPS) is 13.1. The molecule has 100 valence electrons. The molecule has 1 aromatic carbocycles. The van der Waals surface area contributed by atoms with Crippen molar-refractivity contribution in [1.29, 1.82) is 0 Å². The van der Waals surface area contributed by atoms with Crippen molar-refractivity contribution in [1.82, 2.24) is 0 Å². The van der Waals surface area contributed by atoms with Crippen molar-refractivity contribution in [3.8, 4) is 0 Å². The Morgan fingerprint density at radius 3 is 2.33 bits per heavy atom. The van der Waals surface area contributed by atoms with Crippen LogP contribution in [0.2, 0.25) is 0 Å². The number of carbonyl (C=O) groups excluding carboxylic acids is 1. The van der Waals surface area contributed by atoms with E-state index in [9.17, 15) is 13.2 Å². The monoisotopic (exact) mass is 333 g/mol. The van der Waals surface area contributed by atoms with Crippen molar-refractivity contribution >= 4 is 37.4 Å². The average Bonchev–Trinajstić information content (AvgIpc) is 2.28. The highest BCUT2D eigenvalue weighted by Gasteiger charge is 2.17. The van der Waals surface area contributed by atoms with Crippen LogP contribution in [0, 0.1) is 5.92 Å². The highest BCUT2D eigenvalue weighted by atomic mass is 79.9. The molecule has 0 radical (unpaired) electrons. The molecule has 0 aromatic heterocycles. The largest absolute Gasteiger partial charge is 0.326 e. The van der Waals surface area contributed by atoms with Crippen molar-refractivity contribution in [3.05, 3.63) is 24.3 Å². The van der Waals surface area contributed by atoms with Gasteiger partial charge in [0, 0.05) is 17.9 Å². The van der Waals surface area contributed by atoms with Gasteiger partial charge in [0.05, 0.1) is 10.6 Å². The van der Waals surface area contributed by atoms with Crippen molar-refractivity contribution in [3.63, 3.8) is 0 Å². The van der Waals surface area contributed by atoms with Crippen LogP contribution in [0.5, 0.6) is 0 Å². The zero-order chi connectivity index (χ0) is 13.8. The highest BCUT2D eigenvalue weighted by molar-refractivity contribution is 9.09. The van der Waals surface area contributed by atoms with Gasteiger partial charge in [-0.1, -0.05) is 22.9 Å². The smallest absolute Gasteiger partial charge is 0.221 e. The Bertz CT molecular complexity index is 511. The van der Waals surface area contributed by atoms with Crippen molar-refractivity contribution in [2.24, 2.45) is 5.92 Å². The molecule has 0 saturated heterocycles. The summed E-state index contributed by atoms with van der Waals surface area (Å²) >= 11 is 3.27. The summed E-state index contributed by atoms with van der Waals surface area (Å²) in [5, 5.41) is 3.24. The van der Waals surface area contributed by atoms with Gasteiger partial charge < -0.3 is 5.32 Å². The minimum Gasteiger partial charge on any atom is -0.326 e. The van der Waals surface area contributed by atoms with E-state index in [2.05, 4.69) is 21.2 Å². The van der Waals surface area contributed by atoms with E-state index in [0.29, 0.717) is 11.0 Å². The summed E-state index contributed by atoms with van der Waals surface area (Å²) in [4.78, 5) is 11.1. The van der Waals surface area contributed by atoms with Gasteiger partial charge in [0.25, 0.3) is 0 Å². The molecule has 0 fully saturated rings. The first-order valence-electron chi connectivity index (χ1n) is 5.51. The van der Waals surface area contributed by atoms with Gasteiger partial charge in [-0.15, -0.1) is 0 Å². The van der Waals surface area contributed by atoms with Gasteiger partial charge >= 0.3 is 0 Å². The minimum absolute atomic E-state index is 0.0602. The van der Waals surface area contributed by atoms with Crippen LogP contribution >= 0.6 is 15.9 Å². The van der Waals surface area contributed by atoms with Gasteiger partial charge in [-0.2, -0.15) is 0 Å². The molecule has 1 aromatic rings. The summed E-state index contributed by atoms with van der Waals surface area (Å²) in [5.41, 5.74) is 0.593. The molecule has 0 aliphatic heterocycles. The maximum Gasteiger partial charge on any atom is 0.221 e. The Kier molecular flexibility index (Phi) is 5.34. The maximum atomic E-state index is 12.0. The molecule has 1 amide bonds. The van der Waals surface area contributed by atoms with Crippen molar-refractivity contribution in [2.45, 2.75) is 18.7 Å². The first kappa shape index (κ1) is 15.2. The molecule has 0 saturated carbocycles. The number of amides is 1. The number of benzene rings is 1. The van der Waals surface area contributed by atoms with Crippen LogP contribution in [-0.4, -0.2) is 25.4 Å². The van der Waals surface area contributed by atoms with Gasteiger partial charge in [0.1, 0.15) is 0 Å². The van der Waals surface area contributed by atoms with Gasteiger partial charge in [0.15, 0.2) is 9.84 Å². The first-order chi connectivity index (χ1) is 8.35. The quantitative estimate of drug-likeness (QED) is 0.842. The molecule has 1 rings (SSSR count). The van der Waals surface area contributed by atoms with E-state index in [1.165, 1.54) is 19.1 Å². The Labute approximate surface area is 116 Å². The number of hydrogen-bond acceptors (Lipinski definition) is 3. The van der Waals surface area contributed by atoms with Crippen LogP contribution < -0.4 is 5.32 Å². The summed E-state index contributed by atoms with van der Waals surface area (Å²) in [6.45, 7) is 3.28. The molecule has 1 atom stereocenters. The molecule has 0 bridgehead atoms. The molecular formula is C12H16BrNO3S. The lowest BCUT2D eigenvalue weighted by Gasteiger charge is -2.09. The Morgan fingerprint density at radius 2 is 1.89 bits per heavy atom. The molecule has 6 heteroatoms. The standard InChI is InChI=1S/C12H16BrNO3S/c1-9(7-13)8-18(16,17)12-5-3-11(4-6-12)14-10(2)15/h3-6,9H,7-8H2,1-2H3,(H,14,15). The summed E-state index contributed by atoms with van der Waals surface area (Å²) in [7, 11) is -3.26. The zero-order valence-electron chi connectivity index (χ0n) is 10.3. The lowest BCUT2D eigenvalue weighted by Crippen LogP contribution is -2.15. The molecule has 0 heterocycles. The molecule has 18 heavy (non-hydrogen) atoms. The number of sulfone groups is 1. The number of anilines is 1. The van der Waals surface area contributed by atoms with E-state index in [1.54, 1.807) is 12.1 Å². The lowest BCUT2D eigenvalue weighted by molar-refractivity contribution is -0.114. The SMILES string of the molecule is CC(=O)Nc1ccc(S(=O)(=O)CC(C)CBr)cc1. The van der Waals surface area contributed by atoms with E-state index in [0.717, 1.165) is 0 Å². The molecular weight excluding hydrogens is 318 g/mol. The third-order valence-electron chi connectivity index (χ3n) is 2.30. The predicted octanol–water partition coefficient (Wildman–Crippen LogP) is 2.45. The second-order valence-electron chi connectivity index (χ2n) is 4.25. The van der Waals surface area contributed by atoms with E-state index < -0.39 is 9.84 Å². The molecule has 1 unspecified atom stereocenters. The summed E-state index contributed by atoms with van der Waals surface area (Å²) in [5.74, 6) is -0.0129. The van der Waals surface area contributed by atoms with Gasteiger partial charge in [-0.25, -0.2) is 8.42 Å². The second kappa shape index (κ2) is 6.33. The van der Waals surface area contributed by atoms with E-state index in [-0.39, 0.29) is 22.5 Å². The van der Waals surface area contributed by atoms with E-state index in [1.807, 2.05) is 6.92 Å². The van der Waals surface area contributed by atoms with Crippen LogP contribution in [0.4, 0.5) is 5.69 Å². The fourth-order valence-corrected chi connectivity index (χ4v) is 3.61. The highest BCUT2D eigenvalue weighted by Crippen LogP contribution is 2.18. The minimum atomic E-state index is -3.26. The van der Waals surface area contributed by atoms with Crippen molar-refractivity contribution in [2.75, 3.05) is 16.4 Å². The number of nitrogens with one attached hydrogen (secondary N) is 1. The summed E-state index contributed by atoms with van der Waals surface area (Å²) in [6, 6.07) is 6.21. The van der Waals surface area contributed by atoms with E-state index in [4.69, 9.17) is 0 Å². The van der Waals surface area contributed by atoms with Crippen LogP contribution in [0.25, 0.3) is 0 Å². The Hall–Kier alpha value is -0.880. The number of hydrogen-bond donors (Lipinski definition) is 1. The first-order valence-corrected chi connectivity index (χ1v) is 8.29. The van der Waals surface area contributed by atoms with Gasteiger partial charge in [0.2, 0.25) is 5.91 Å². The van der Waals surface area contributed by atoms with E-state index >= 15 is 0 Å². The second-order valence-corrected chi connectivity index (χ2v) is 6.93. The van der Waals surface area contributed by atoms with Crippen LogP contribution in [0.15, 0.2) is 29.2 Å². The van der Waals surface area contributed by atoms with Gasteiger partial charge in [-0.05, 0) is 30.2 Å².